The molecule has 4 aliphatic rings. The lowest BCUT2D eigenvalue weighted by Crippen LogP contribution is -2.75. The van der Waals surface area contributed by atoms with E-state index in [2.05, 4.69) is 155 Å². The number of benzene rings is 4. The van der Waals surface area contributed by atoms with Crippen molar-refractivity contribution in [3.63, 3.8) is 0 Å². The van der Waals surface area contributed by atoms with Gasteiger partial charge in [-0.25, -0.2) is 0 Å². The summed E-state index contributed by atoms with van der Waals surface area (Å²) in [6, 6.07) is 37.0. The predicted octanol–water partition coefficient (Wildman–Crippen LogP) is 7.56. The van der Waals surface area contributed by atoms with Gasteiger partial charge < -0.3 is 9.30 Å². The molecule has 8 aromatic rings. The summed E-state index contributed by atoms with van der Waals surface area (Å²) in [6.07, 6.45) is 0. The Morgan fingerprint density at radius 1 is 0.604 bits per heavy atom. The van der Waals surface area contributed by atoms with E-state index in [4.69, 9.17) is 4.74 Å². The van der Waals surface area contributed by atoms with E-state index in [0.29, 0.717) is 0 Å². The van der Waals surface area contributed by atoms with Gasteiger partial charge >= 0.3 is 17.2 Å². The number of nitrogens with zero attached hydrogens (tertiary/aromatic N) is 4. The maximum absolute atomic E-state index is 7.15. The molecule has 8 heterocycles. The van der Waals surface area contributed by atoms with E-state index in [-0.39, 0.29) is 0 Å². The van der Waals surface area contributed by atoms with Crippen LogP contribution in [-0.4, -0.2) is 25.3 Å². The number of hydrogen-bond donors (Lipinski definition) is 0. The minimum atomic E-state index is -1.83. The summed E-state index contributed by atoms with van der Waals surface area (Å²) in [5.41, 5.74) is 12.1. The monoisotopic (exact) mass is 654 g/mol. The quantitative estimate of drug-likeness (QED) is 0.140. The molecule has 12 rings (SSSR count). The SMILES string of the molecule is C[Si](C)(C)c1cc2[n+]3c(c1)-c1cc([Si](C)(C)C)c4c5ccccc5n5c4[n+]1C31c3c(cccc3-5)-n3c4ccccc4c4ccc(c1c43)O2. The van der Waals surface area contributed by atoms with Gasteiger partial charge in [-0.15, -0.1) is 9.13 Å². The van der Waals surface area contributed by atoms with Crippen molar-refractivity contribution in [1.82, 2.24) is 9.13 Å². The summed E-state index contributed by atoms with van der Waals surface area (Å²) in [5.74, 6) is 1.90. The minimum Gasteiger partial charge on any atom is -0.404 e. The highest BCUT2D eigenvalue weighted by Crippen LogP contribution is 2.57. The van der Waals surface area contributed by atoms with Gasteiger partial charge in [0.2, 0.25) is 5.69 Å². The second kappa shape index (κ2) is 7.67. The highest BCUT2D eigenvalue weighted by Gasteiger charge is 2.71. The van der Waals surface area contributed by atoms with Crippen molar-refractivity contribution in [3.8, 4) is 34.4 Å². The van der Waals surface area contributed by atoms with Gasteiger partial charge in [0.05, 0.1) is 44.3 Å². The second-order valence-corrected chi connectivity index (χ2v) is 26.4. The van der Waals surface area contributed by atoms with E-state index in [1.165, 1.54) is 88.0 Å². The Kier molecular flexibility index (Phi) is 4.16. The number of pyridine rings is 2. The molecule has 4 aliphatic heterocycles. The molecule has 0 fully saturated rings. The van der Waals surface area contributed by atoms with E-state index >= 15 is 0 Å². The summed E-state index contributed by atoms with van der Waals surface area (Å²) in [5, 5.41) is 8.24. The summed E-state index contributed by atoms with van der Waals surface area (Å²) in [7, 11) is -3.55. The Bertz CT molecular complexity index is 2900. The smallest absolute Gasteiger partial charge is 0.378 e. The number of para-hydroxylation sites is 2. The first-order valence-electron chi connectivity index (χ1n) is 17.1. The van der Waals surface area contributed by atoms with Crippen LogP contribution in [-0.2, 0) is 5.66 Å². The van der Waals surface area contributed by atoms with Gasteiger partial charge in [0.15, 0.2) is 11.4 Å². The third-order valence-corrected chi connectivity index (χ3v) is 15.7. The van der Waals surface area contributed by atoms with E-state index < -0.39 is 21.8 Å². The van der Waals surface area contributed by atoms with Crippen molar-refractivity contribution in [1.29, 1.82) is 0 Å². The fourth-order valence-electron chi connectivity index (χ4n) is 9.80. The van der Waals surface area contributed by atoms with E-state index in [0.717, 1.165) is 11.6 Å². The van der Waals surface area contributed by atoms with Crippen LogP contribution in [0.3, 0.4) is 0 Å². The molecule has 0 saturated carbocycles. The van der Waals surface area contributed by atoms with Crippen molar-refractivity contribution in [3.05, 3.63) is 108 Å². The number of rotatable bonds is 2. The Morgan fingerprint density at radius 2 is 1.29 bits per heavy atom. The highest BCUT2D eigenvalue weighted by molar-refractivity contribution is 6.90. The first-order valence-corrected chi connectivity index (χ1v) is 24.1. The number of aromatic nitrogens is 4. The van der Waals surface area contributed by atoms with E-state index in [9.17, 15) is 0 Å². The van der Waals surface area contributed by atoms with Crippen molar-refractivity contribution in [2.45, 2.75) is 44.9 Å². The lowest BCUT2D eigenvalue weighted by molar-refractivity contribution is -0.932. The Balaban J connectivity index is 1.45. The van der Waals surface area contributed by atoms with Gasteiger partial charge in [0.25, 0.3) is 5.69 Å². The highest BCUT2D eigenvalue weighted by atomic mass is 28.3. The predicted molar refractivity (Wildman–Crippen MR) is 199 cm³/mol. The van der Waals surface area contributed by atoms with E-state index in [1.54, 1.807) is 0 Å². The summed E-state index contributed by atoms with van der Waals surface area (Å²) < 4.78 is 17.6. The molecule has 1 spiro atoms. The molecule has 0 saturated heterocycles. The lowest BCUT2D eigenvalue weighted by Gasteiger charge is -2.37. The first kappa shape index (κ1) is 26.0. The molecule has 0 radical (unpaired) electrons. The number of ether oxygens (including phenoxy) is 1. The summed E-state index contributed by atoms with van der Waals surface area (Å²) >= 11 is 0. The van der Waals surface area contributed by atoms with Crippen LogP contribution in [0.5, 0.6) is 11.6 Å². The van der Waals surface area contributed by atoms with Gasteiger partial charge in [0, 0.05) is 22.2 Å². The Morgan fingerprint density at radius 3 is 2.04 bits per heavy atom. The molecule has 1 unspecified atom stereocenters. The lowest BCUT2D eigenvalue weighted by atomic mass is 9.81. The average Bonchev–Trinajstić information content (AvgIpc) is 3.68. The minimum absolute atomic E-state index is 0.637. The molecule has 0 N–H and O–H groups in total. The van der Waals surface area contributed by atoms with Gasteiger partial charge in [-0.3, -0.25) is 0 Å². The topological polar surface area (TPSA) is 26.8 Å². The first-order chi connectivity index (χ1) is 23.1. The van der Waals surface area contributed by atoms with Crippen molar-refractivity contribution >= 4 is 70.3 Å². The zero-order chi connectivity index (χ0) is 32.2. The summed E-state index contributed by atoms with van der Waals surface area (Å²) in [4.78, 5) is 0. The van der Waals surface area contributed by atoms with Gasteiger partial charge in [0.1, 0.15) is 16.6 Å². The fourth-order valence-corrected chi connectivity index (χ4v) is 12.5. The molecule has 4 aromatic carbocycles. The molecule has 4 aromatic heterocycles. The molecule has 7 heteroatoms. The maximum Gasteiger partial charge on any atom is 0.378 e. The van der Waals surface area contributed by atoms with Crippen LogP contribution in [0.15, 0.2) is 97.1 Å². The van der Waals surface area contributed by atoms with Crippen molar-refractivity contribution < 1.29 is 13.9 Å². The van der Waals surface area contributed by atoms with Crippen molar-refractivity contribution in [2.75, 3.05) is 0 Å². The Hall–Kier alpha value is -4.99. The molecule has 0 bridgehead atoms. The zero-order valence-electron chi connectivity index (χ0n) is 27.9. The van der Waals surface area contributed by atoms with Crippen LogP contribution in [0.2, 0.25) is 39.3 Å². The third kappa shape index (κ3) is 2.56. The molecular weight excluding hydrogens is 621 g/mol. The van der Waals surface area contributed by atoms with Gasteiger partial charge in [-0.05, 0) is 58.9 Å². The zero-order valence-corrected chi connectivity index (χ0v) is 29.9. The van der Waals surface area contributed by atoms with Crippen LogP contribution < -0.4 is 24.2 Å². The standard InChI is InChI=1S/C41H34N4OSi2/c1-47(2,3)23-20-31-32-22-34(48(4,5)6)36-26-13-8-10-15-28(26)43-30-17-11-16-29-37(30)41(45(32)40(36)43)38-33(46-35(21-23)44(31)41)19-18-25-24-12-7-9-14-27(24)42(29)39(25)38/h7-22H,1-6H3/q+2. The van der Waals surface area contributed by atoms with Crippen LogP contribution in [0.4, 0.5) is 0 Å². The van der Waals surface area contributed by atoms with Crippen LogP contribution >= 0.6 is 0 Å². The molecule has 0 aliphatic carbocycles. The number of fused-ring (bicyclic) bond motifs is 9. The molecule has 0 amide bonds. The molecule has 1 atom stereocenters. The van der Waals surface area contributed by atoms with Gasteiger partial charge in [-0.2, -0.15) is 4.57 Å². The second-order valence-electron chi connectivity index (χ2n) is 16.3. The molecule has 48 heavy (non-hydrogen) atoms. The van der Waals surface area contributed by atoms with Crippen LogP contribution in [0.1, 0.15) is 11.1 Å². The molecule has 5 nitrogen and oxygen atoms in total. The largest absolute Gasteiger partial charge is 0.404 e. The van der Waals surface area contributed by atoms with Crippen LogP contribution in [0, 0.1) is 0 Å². The molecule has 230 valence electrons. The number of hydrogen-bond acceptors (Lipinski definition) is 1. The Labute approximate surface area is 279 Å². The summed E-state index contributed by atoms with van der Waals surface area (Å²) in [6.45, 7) is 14.9. The third-order valence-electron chi connectivity index (χ3n) is 11.7. The average molecular weight is 655 g/mol. The van der Waals surface area contributed by atoms with Gasteiger partial charge in [-0.1, -0.05) is 75.7 Å². The van der Waals surface area contributed by atoms with E-state index in [1.807, 2.05) is 0 Å². The molecular formula is C41H34N4OSi2+2. The normalized spacial score (nSPS) is 17.6. The fraction of sp³-hybridized carbons (Fsp3) is 0.171. The van der Waals surface area contributed by atoms with Crippen molar-refractivity contribution in [2.24, 2.45) is 0 Å². The maximum atomic E-state index is 7.15. The van der Waals surface area contributed by atoms with Crippen LogP contribution in [0.25, 0.3) is 66.5 Å².